The molecule has 2 N–H and O–H groups in total. The van der Waals surface area contributed by atoms with Gasteiger partial charge in [-0.25, -0.2) is 4.98 Å². The van der Waals surface area contributed by atoms with Crippen LogP contribution in [0, 0.1) is 0 Å². The van der Waals surface area contributed by atoms with Gasteiger partial charge in [-0.15, -0.1) is 0 Å². The molecule has 0 bridgehead atoms. The number of hydrogen-bond donors (Lipinski definition) is 2. The summed E-state index contributed by atoms with van der Waals surface area (Å²) in [5.41, 5.74) is 2.99. The molecule has 0 saturated carbocycles. The fourth-order valence-electron chi connectivity index (χ4n) is 3.50. The molecule has 2 amide bonds. The zero-order valence-corrected chi connectivity index (χ0v) is 16.3. The van der Waals surface area contributed by atoms with Crippen molar-refractivity contribution in [2.75, 3.05) is 25.6 Å². The van der Waals surface area contributed by atoms with Crippen molar-refractivity contribution in [2.24, 2.45) is 0 Å². The van der Waals surface area contributed by atoms with Gasteiger partial charge in [-0.1, -0.05) is 0 Å². The number of rotatable bonds is 5. The van der Waals surface area contributed by atoms with E-state index >= 15 is 0 Å². The number of methoxy groups -OCH3 is 1. The van der Waals surface area contributed by atoms with Gasteiger partial charge in [-0.2, -0.15) is 0 Å². The number of fused-ring (bicyclic) bond motifs is 3. The summed E-state index contributed by atoms with van der Waals surface area (Å²) in [6, 6.07) is 12.5. The van der Waals surface area contributed by atoms with E-state index in [1.54, 1.807) is 31.4 Å². The van der Waals surface area contributed by atoms with Crippen LogP contribution in [0.1, 0.15) is 29.1 Å². The molecule has 2 aromatic carbocycles. The molecule has 1 aliphatic rings. The Morgan fingerprint density at radius 3 is 2.76 bits per heavy atom. The predicted octanol–water partition coefficient (Wildman–Crippen LogP) is 2.50. The van der Waals surface area contributed by atoms with Gasteiger partial charge in [0.2, 0.25) is 5.91 Å². The summed E-state index contributed by atoms with van der Waals surface area (Å²) in [6.07, 6.45) is 0. The summed E-state index contributed by atoms with van der Waals surface area (Å²) in [6.45, 7) is 2.77. The highest BCUT2D eigenvalue weighted by Gasteiger charge is 2.24. The summed E-state index contributed by atoms with van der Waals surface area (Å²) >= 11 is 0. The Bertz CT molecular complexity index is 1060. The molecule has 0 saturated heterocycles. The number of carbonyl (C=O) groups excluding carboxylic acids is 2. The second-order valence-electron chi connectivity index (χ2n) is 6.89. The second kappa shape index (κ2) is 7.92. The van der Waals surface area contributed by atoms with Crippen LogP contribution in [0.5, 0.6) is 5.75 Å². The van der Waals surface area contributed by atoms with Gasteiger partial charge in [0, 0.05) is 24.7 Å². The van der Waals surface area contributed by atoms with Gasteiger partial charge in [-0.3, -0.25) is 9.59 Å². The van der Waals surface area contributed by atoms with E-state index in [1.807, 2.05) is 18.2 Å². The molecular weight excluding hydrogens is 372 g/mol. The summed E-state index contributed by atoms with van der Waals surface area (Å²) in [5.74, 6) is 1.22. The molecule has 4 rings (SSSR count). The van der Waals surface area contributed by atoms with Crippen LogP contribution in [0.2, 0.25) is 0 Å². The number of ether oxygens (including phenoxy) is 2. The van der Waals surface area contributed by atoms with Crippen LogP contribution in [0.4, 0.5) is 5.69 Å². The maximum atomic E-state index is 12.5. The van der Waals surface area contributed by atoms with Gasteiger partial charge in [0.15, 0.2) is 0 Å². The Morgan fingerprint density at radius 2 is 2.03 bits per heavy atom. The second-order valence-corrected chi connectivity index (χ2v) is 6.89. The fourth-order valence-corrected chi connectivity index (χ4v) is 3.50. The zero-order chi connectivity index (χ0) is 20.4. The minimum Gasteiger partial charge on any atom is -0.497 e. The van der Waals surface area contributed by atoms with E-state index in [-0.39, 0.29) is 17.9 Å². The third-order valence-electron chi connectivity index (χ3n) is 4.84. The monoisotopic (exact) mass is 394 g/mol. The van der Waals surface area contributed by atoms with Crippen LogP contribution in [0.3, 0.4) is 0 Å². The van der Waals surface area contributed by atoms with Crippen LogP contribution >= 0.6 is 0 Å². The molecule has 0 radical (unpaired) electrons. The van der Waals surface area contributed by atoms with Gasteiger partial charge in [0.25, 0.3) is 5.91 Å². The van der Waals surface area contributed by atoms with Crippen LogP contribution in [-0.2, 0) is 16.1 Å². The lowest BCUT2D eigenvalue weighted by atomic mass is 10.2. The Morgan fingerprint density at radius 1 is 1.24 bits per heavy atom. The lowest BCUT2D eigenvalue weighted by molar-refractivity contribution is -0.114. The van der Waals surface area contributed by atoms with Crippen LogP contribution in [-0.4, -0.2) is 41.6 Å². The third-order valence-corrected chi connectivity index (χ3v) is 4.84. The summed E-state index contributed by atoms with van der Waals surface area (Å²) in [5, 5.41) is 5.74. The molecule has 8 heteroatoms. The number of nitrogens with one attached hydrogen (secondary N) is 2. The van der Waals surface area contributed by atoms with Crippen molar-refractivity contribution in [2.45, 2.75) is 19.6 Å². The Labute approximate surface area is 167 Å². The van der Waals surface area contributed by atoms with Crippen molar-refractivity contribution in [3.63, 3.8) is 0 Å². The topological polar surface area (TPSA) is 94.5 Å². The largest absolute Gasteiger partial charge is 0.497 e. The Kier molecular flexibility index (Phi) is 5.18. The van der Waals surface area contributed by atoms with Gasteiger partial charge in [0.05, 0.1) is 30.8 Å². The van der Waals surface area contributed by atoms with Crippen molar-refractivity contribution in [3.8, 4) is 5.75 Å². The van der Waals surface area contributed by atoms with Gasteiger partial charge in [0.1, 0.15) is 18.2 Å². The first kappa shape index (κ1) is 18.9. The van der Waals surface area contributed by atoms with Crippen LogP contribution in [0.25, 0.3) is 11.0 Å². The van der Waals surface area contributed by atoms with Crippen molar-refractivity contribution in [1.29, 1.82) is 0 Å². The molecule has 3 aromatic rings. The van der Waals surface area contributed by atoms with E-state index in [2.05, 4.69) is 20.2 Å². The van der Waals surface area contributed by atoms with Gasteiger partial charge >= 0.3 is 0 Å². The summed E-state index contributed by atoms with van der Waals surface area (Å²) in [4.78, 5) is 28.4. The first-order valence-electron chi connectivity index (χ1n) is 9.33. The number of benzene rings is 2. The van der Waals surface area contributed by atoms with Crippen molar-refractivity contribution >= 4 is 28.5 Å². The standard InChI is InChI=1S/C21H22N4O4/c1-13(26)23-15-5-8-19-18(9-15)24-20-12-29-11-16(25(19)20)10-22-21(27)14-3-6-17(28-2)7-4-14/h3-9,16H,10-12H2,1-2H3,(H,22,27)(H,23,26)/t16-/m0/s1. The number of imidazole rings is 1. The first-order chi connectivity index (χ1) is 14.0. The van der Waals surface area contributed by atoms with Crippen LogP contribution in [0.15, 0.2) is 42.5 Å². The van der Waals surface area contributed by atoms with E-state index in [1.165, 1.54) is 6.92 Å². The number of anilines is 1. The molecular formula is C21H22N4O4. The SMILES string of the molecule is COc1ccc(C(=O)NC[C@H]2COCc3nc4cc(NC(C)=O)ccc4n32)cc1. The average molecular weight is 394 g/mol. The molecule has 0 fully saturated rings. The zero-order valence-electron chi connectivity index (χ0n) is 16.3. The first-order valence-corrected chi connectivity index (χ1v) is 9.33. The Balaban J connectivity index is 1.52. The van der Waals surface area contributed by atoms with Crippen molar-refractivity contribution in [3.05, 3.63) is 53.9 Å². The molecule has 1 aromatic heterocycles. The fraction of sp³-hybridized carbons (Fsp3) is 0.286. The maximum absolute atomic E-state index is 12.5. The third kappa shape index (κ3) is 3.93. The maximum Gasteiger partial charge on any atom is 0.251 e. The lowest BCUT2D eigenvalue weighted by Crippen LogP contribution is -2.35. The molecule has 1 aliphatic heterocycles. The predicted molar refractivity (Wildman–Crippen MR) is 108 cm³/mol. The van der Waals surface area contributed by atoms with E-state index < -0.39 is 0 Å². The highest BCUT2D eigenvalue weighted by Crippen LogP contribution is 2.27. The minimum atomic E-state index is -0.155. The minimum absolute atomic E-state index is 0.0717. The van der Waals surface area contributed by atoms with E-state index in [9.17, 15) is 9.59 Å². The molecule has 29 heavy (non-hydrogen) atoms. The van der Waals surface area contributed by atoms with Gasteiger partial charge < -0.3 is 24.7 Å². The molecule has 8 nitrogen and oxygen atoms in total. The molecule has 0 spiro atoms. The highest BCUT2D eigenvalue weighted by molar-refractivity contribution is 5.94. The molecule has 2 heterocycles. The quantitative estimate of drug-likeness (QED) is 0.693. The van der Waals surface area contributed by atoms with E-state index in [4.69, 9.17) is 9.47 Å². The van der Waals surface area contributed by atoms with Gasteiger partial charge in [-0.05, 0) is 42.5 Å². The summed E-state index contributed by atoms with van der Waals surface area (Å²) < 4.78 is 12.9. The normalized spacial score (nSPS) is 15.6. The smallest absolute Gasteiger partial charge is 0.251 e. The highest BCUT2D eigenvalue weighted by atomic mass is 16.5. The Hall–Kier alpha value is -3.39. The number of aromatic nitrogens is 2. The number of carbonyl (C=O) groups is 2. The number of amides is 2. The number of nitrogens with zero attached hydrogens (tertiary/aromatic N) is 2. The average Bonchev–Trinajstić information content (AvgIpc) is 3.09. The van der Waals surface area contributed by atoms with E-state index in [0.717, 1.165) is 16.9 Å². The molecule has 0 unspecified atom stereocenters. The van der Waals surface area contributed by atoms with E-state index in [0.29, 0.717) is 36.8 Å². The molecule has 0 aliphatic carbocycles. The molecule has 1 atom stereocenters. The van der Waals surface area contributed by atoms with Crippen LogP contribution < -0.4 is 15.4 Å². The molecule has 150 valence electrons. The number of hydrogen-bond acceptors (Lipinski definition) is 5. The van der Waals surface area contributed by atoms with Crippen molar-refractivity contribution < 1.29 is 19.1 Å². The lowest BCUT2D eigenvalue weighted by Gasteiger charge is -2.26. The summed E-state index contributed by atoms with van der Waals surface area (Å²) in [7, 11) is 1.59. The van der Waals surface area contributed by atoms with Crippen molar-refractivity contribution in [1.82, 2.24) is 14.9 Å².